The molecule has 0 radical (unpaired) electrons. The van der Waals surface area contributed by atoms with Crippen LogP contribution in [0.2, 0.25) is 19.9 Å². The number of benzene rings is 2. The Labute approximate surface area is 254 Å². The van der Waals surface area contributed by atoms with Gasteiger partial charge in [0.2, 0.25) is 0 Å². The van der Waals surface area contributed by atoms with Crippen molar-refractivity contribution in [2.45, 2.75) is 103 Å². The molecule has 0 aromatic heterocycles. The Morgan fingerprint density at radius 1 is 0.872 bits per heavy atom. The Morgan fingerprint density at radius 3 is 1.69 bits per heavy atom. The van der Waals surface area contributed by atoms with Crippen LogP contribution in [0.1, 0.15) is 79.1 Å². The standard InChI is InChI=1S/C21H25O2S2Si.3C4H9.Sn/c1-17(16-23-21(24)25-2)14-15-20(22)26(3,18-10-6-4-7-11-18)19-12-8-5-9-13-19;3*1-3-4-2;/h4-13,16-17H,14-15H2,1-3H3;3*1,3-4H2,2H3;. The second-order valence-electron chi connectivity index (χ2n) is 11.5. The van der Waals surface area contributed by atoms with Crippen molar-refractivity contribution in [3.05, 3.63) is 60.7 Å². The average molecular weight is 692 g/mol. The second kappa shape index (κ2) is 18.0. The third kappa shape index (κ3) is 9.71. The van der Waals surface area contributed by atoms with E-state index >= 15 is 0 Å². The van der Waals surface area contributed by atoms with Crippen molar-refractivity contribution in [2.24, 2.45) is 5.92 Å². The van der Waals surface area contributed by atoms with E-state index in [4.69, 9.17) is 17.0 Å². The van der Waals surface area contributed by atoms with Gasteiger partial charge in [0.15, 0.2) is 0 Å². The van der Waals surface area contributed by atoms with Gasteiger partial charge in [-0.3, -0.25) is 0 Å². The van der Waals surface area contributed by atoms with Crippen LogP contribution in [0.4, 0.5) is 0 Å². The van der Waals surface area contributed by atoms with Gasteiger partial charge in [-0.05, 0) is 0 Å². The molecule has 0 bridgehead atoms. The first-order valence-electron chi connectivity index (χ1n) is 15.2. The van der Waals surface area contributed by atoms with Crippen LogP contribution in [0.25, 0.3) is 0 Å². The zero-order valence-corrected chi connectivity index (χ0v) is 30.8. The van der Waals surface area contributed by atoms with Crippen LogP contribution in [0, 0.1) is 5.92 Å². The van der Waals surface area contributed by atoms with Crippen LogP contribution >= 0.6 is 24.0 Å². The molecule has 0 spiro atoms. The molecule has 2 rings (SSSR count). The number of unbranched alkanes of at least 4 members (excludes halogenated alkanes) is 3. The first-order chi connectivity index (χ1) is 18.8. The molecule has 0 saturated heterocycles. The fourth-order valence-corrected chi connectivity index (χ4v) is 28.9. The van der Waals surface area contributed by atoms with Gasteiger partial charge >= 0.3 is 256 Å². The van der Waals surface area contributed by atoms with Crippen molar-refractivity contribution >= 4 is 70.6 Å². The summed E-state index contributed by atoms with van der Waals surface area (Å²) in [7, 11) is -2.55. The molecule has 2 aromatic rings. The fraction of sp³-hybridized carbons (Fsp3) is 0.576. The molecule has 0 aliphatic heterocycles. The van der Waals surface area contributed by atoms with Crippen molar-refractivity contribution < 1.29 is 9.53 Å². The Bertz CT molecular complexity index is 924. The van der Waals surface area contributed by atoms with Crippen molar-refractivity contribution in [3.63, 3.8) is 0 Å². The molecular formula is C33H52O2S2SiSn. The number of thiocarbonyl (C=S) groups is 1. The zero-order valence-electron chi connectivity index (χ0n) is 25.3. The summed E-state index contributed by atoms with van der Waals surface area (Å²) in [5.41, 5.74) is 0. The topological polar surface area (TPSA) is 26.3 Å². The van der Waals surface area contributed by atoms with Gasteiger partial charge in [-0.15, -0.1) is 0 Å². The summed E-state index contributed by atoms with van der Waals surface area (Å²) in [6.45, 7) is 11.6. The van der Waals surface area contributed by atoms with Gasteiger partial charge in [0, 0.05) is 0 Å². The molecule has 0 saturated carbocycles. The Morgan fingerprint density at radius 2 is 1.31 bits per heavy atom. The monoisotopic (exact) mass is 692 g/mol. The van der Waals surface area contributed by atoms with E-state index in [9.17, 15) is 4.79 Å². The predicted octanol–water partition coefficient (Wildman–Crippen LogP) is 8.83. The number of carbonyl (C=O) groups excluding carboxylic acids is 1. The van der Waals surface area contributed by atoms with Gasteiger partial charge in [-0.2, -0.15) is 0 Å². The molecule has 0 heterocycles. The van der Waals surface area contributed by atoms with Crippen molar-refractivity contribution in [2.75, 3.05) is 6.26 Å². The van der Waals surface area contributed by atoms with E-state index in [1.54, 1.807) is 11.8 Å². The first kappa shape index (κ1) is 34.6. The molecule has 39 heavy (non-hydrogen) atoms. The van der Waals surface area contributed by atoms with Gasteiger partial charge in [-0.1, -0.05) is 0 Å². The minimum atomic E-state index is -2.77. The van der Waals surface area contributed by atoms with E-state index in [0.717, 1.165) is 6.42 Å². The fourth-order valence-electron chi connectivity index (χ4n) is 6.18. The van der Waals surface area contributed by atoms with E-state index in [1.165, 1.54) is 62.2 Å². The van der Waals surface area contributed by atoms with Gasteiger partial charge in [0.1, 0.15) is 0 Å². The zero-order chi connectivity index (χ0) is 28.7. The maximum absolute atomic E-state index is 14.2. The van der Waals surface area contributed by atoms with Crippen LogP contribution < -0.4 is 10.4 Å². The number of ether oxygens (including phenoxy) is 1. The quantitative estimate of drug-likeness (QED) is 0.115. The molecule has 0 N–H and O–H groups in total. The SMILES string of the molecule is CCC[CH2][Sn]([CH2]CCC)([CH2]CCC)[CH](OC(=S)SC)C(C)CCC(=O)[Si](C)(c1ccccc1)c1ccccc1. The molecule has 6 heteroatoms. The summed E-state index contributed by atoms with van der Waals surface area (Å²) in [5, 5.41) is 2.83. The molecule has 0 aliphatic carbocycles. The van der Waals surface area contributed by atoms with E-state index in [0.29, 0.717) is 22.1 Å². The molecular weight excluding hydrogens is 639 g/mol. The van der Waals surface area contributed by atoms with Crippen molar-refractivity contribution in [1.29, 1.82) is 0 Å². The molecule has 2 atom stereocenters. The van der Waals surface area contributed by atoms with E-state index in [1.807, 2.05) is 18.4 Å². The second-order valence-corrected chi connectivity index (χ2v) is 30.5. The Hall–Kier alpha value is -0.634. The summed E-state index contributed by atoms with van der Waals surface area (Å²) in [6, 6.07) is 21.0. The van der Waals surface area contributed by atoms with Crippen LogP contribution in [0.3, 0.4) is 0 Å². The molecule has 2 aromatic carbocycles. The van der Waals surface area contributed by atoms with Crippen LogP contribution in [0.15, 0.2) is 60.7 Å². The predicted molar refractivity (Wildman–Crippen MR) is 183 cm³/mol. The van der Waals surface area contributed by atoms with Crippen molar-refractivity contribution in [1.82, 2.24) is 0 Å². The number of thioether (sulfide) groups is 1. The molecule has 2 nitrogen and oxygen atoms in total. The summed E-state index contributed by atoms with van der Waals surface area (Å²) in [4.78, 5) is 14.2. The Kier molecular flexibility index (Phi) is 16.0. The molecule has 216 valence electrons. The maximum atomic E-state index is 14.2. The summed E-state index contributed by atoms with van der Waals surface area (Å²) < 4.78 is 11.9. The third-order valence-electron chi connectivity index (χ3n) is 8.68. The van der Waals surface area contributed by atoms with E-state index in [-0.39, 0.29) is 4.12 Å². The summed E-state index contributed by atoms with van der Waals surface area (Å²) in [6.07, 6.45) is 11.1. The summed E-state index contributed by atoms with van der Waals surface area (Å²) >= 11 is 4.49. The van der Waals surface area contributed by atoms with Crippen LogP contribution in [-0.2, 0) is 9.53 Å². The number of hydrogen-bond donors (Lipinski definition) is 0. The van der Waals surface area contributed by atoms with E-state index < -0.39 is 26.5 Å². The number of rotatable bonds is 18. The number of carbonyl (C=O) groups is 1. The van der Waals surface area contributed by atoms with Gasteiger partial charge in [0.25, 0.3) is 0 Å². The minimum absolute atomic E-state index is 0.248. The van der Waals surface area contributed by atoms with Gasteiger partial charge < -0.3 is 0 Å². The van der Waals surface area contributed by atoms with Crippen LogP contribution in [0.5, 0.6) is 0 Å². The Balaban J connectivity index is 2.40. The van der Waals surface area contributed by atoms with Gasteiger partial charge in [-0.25, -0.2) is 0 Å². The number of hydrogen-bond acceptors (Lipinski definition) is 4. The molecule has 0 amide bonds. The molecule has 0 aliphatic rings. The molecule has 2 unspecified atom stereocenters. The van der Waals surface area contributed by atoms with Crippen LogP contribution in [-0.4, -0.2) is 46.6 Å². The first-order valence-corrected chi connectivity index (χ1v) is 27.0. The molecule has 0 fully saturated rings. The average Bonchev–Trinajstić information content (AvgIpc) is 2.98. The van der Waals surface area contributed by atoms with Gasteiger partial charge in [0.05, 0.1) is 0 Å². The summed E-state index contributed by atoms with van der Waals surface area (Å²) in [5.74, 6) is 0.338. The third-order valence-corrected chi connectivity index (χ3v) is 31.0. The van der Waals surface area contributed by atoms with E-state index in [2.05, 4.69) is 82.8 Å². The normalized spacial score (nSPS) is 13.6. The van der Waals surface area contributed by atoms with Crippen molar-refractivity contribution in [3.8, 4) is 0 Å².